The monoisotopic (exact) mass is 244 g/mol. The molecule has 1 aliphatic heterocycles. The summed E-state index contributed by atoms with van der Waals surface area (Å²) in [6, 6.07) is 0. The molecule has 5 heteroatoms. The number of hydrogen-bond donors (Lipinski definition) is 1. The lowest BCUT2D eigenvalue weighted by atomic mass is 10.2. The number of β-amino-alcohol motifs (C(OH)–C–C–N with tert-alkyl or cyclic N) is 1. The van der Waals surface area contributed by atoms with Crippen LogP contribution in [-0.4, -0.2) is 72.9 Å². The highest BCUT2D eigenvalue weighted by Crippen LogP contribution is 2.04. The Balaban J connectivity index is 2.19. The molecule has 1 N–H and O–H groups in total. The van der Waals surface area contributed by atoms with Crippen molar-refractivity contribution >= 4 is 5.91 Å². The number of piperazine rings is 1. The van der Waals surface area contributed by atoms with Crippen molar-refractivity contribution in [2.75, 3.05) is 45.9 Å². The van der Waals surface area contributed by atoms with E-state index >= 15 is 0 Å². The van der Waals surface area contributed by atoms with Crippen LogP contribution in [0.2, 0.25) is 0 Å². The second kappa shape index (κ2) is 7.63. The van der Waals surface area contributed by atoms with E-state index in [-0.39, 0.29) is 12.0 Å². The van der Waals surface area contributed by atoms with Gasteiger partial charge in [-0.15, -0.1) is 0 Å². The molecule has 0 aliphatic carbocycles. The smallest absolute Gasteiger partial charge is 0.224 e. The average molecular weight is 244 g/mol. The summed E-state index contributed by atoms with van der Waals surface area (Å²) in [6.45, 7) is 8.82. The summed E-state index contributed by atoms with van der Waals surface area (Å²) in [4.78, 5) is 15.9. The molecule has 0 aromatic carbocycles. The first kappa shape index (κ1) is 14.4. The maximum atomic E-state index is 11.8. The number of rotatable bonds is 6. The van der Waals surface area contributed by atoms with Crippen molar-refractivity contribution in [3.8, 4) is 0 Å². The molecule has 0 radical (unpaired) electrons. The number of ether oxygens (including phenoxy) is 1. The molecule has 0 spiro atoms. The highest BCUT2D eigenvalue weighted by atomic mass is 16.5. The Hall–Kier alpha value is -0.650. The molecule has 100 valence electrons. The SMILES string of the molecule is CCOCCC(=O)N1CCN(CC(C)O)CC1. The Labute approximate surface area is 103 Å². The topological polar surface area (TPSA) is 53.0 Å². The van der Waals surface area contributed by atoms with Crippen LogP contribution >= 0.6 is 0 Å². The lowest BCUT2D eigenvalue weighted by Gasteiger charge is -2.35. The molecular formula is C12H24N2O3. The standard InChI is InChI=1S/C12H24N2O3/c1-3-17-9-4-12(16)14-7-5-13(6-8-14)10-11(2)15/h11,15H,3-10H2,1-2H3. The first-order valence-electron chi connectivity index (χ1n) is 6.39. The van der Waals surface area contributed by atoms with Crippen LogP contribution in [-0.2, 0) is 9.53 Å². The summed E-state index contributed by atoms with van der Waals surface area (Å²) in [5.74, 6) is 0.176. The van der Waals surface area contributed by atoms with Crippen molar-refractivity contribution in [1.82, 2.24) is 9.80 Å². The Morgan fingerprint density at radius 3 is 2.53 bits per heavy atom. The largest absolute Gasteiger partial charge is 0.392 e. The van der Waals surface area contributed by atoms with Crippen LogP contribution in [0, 0.1) is 0 Å². The van der Waals surface area contributed by atoms with Gasteiger partial charge in [-0.3, -0.25) is 9.69 Å². The molecule has 5 nitrogen and oxygen atoms in total. The van der Waals surface area contributed by atoms with Gasteiger partial charge in [0.1, 0.15) is 0 Å². The normalized spacial score (nSPS) is 19.4. The van der Waals surface area contributed by atoms with Gasteiger partial charge in [-0.1, -0.05) is 0 Å². The predicted molar refractivity (Wildman–Crippen MR) is 65.8 cm³/mol. The number of aliphatic hydroxyl groups excluding tert-OH is 1. The van der Waals surface area contributed by atoms with E-state index in [0.29, 0.717) is 26.2 Å². The molecule has 1 rings (SSSR count). The van der Waals surface area contributed by atoms with Gasteiger partial charge in [-0.25, -0.2) is 0 Å². The van der Waals surface area contributed by atoms with Gasteiger partial charge in [-0.05, 0) is 13.8 Å². The molecular weight excluding hydrogens is 220 g/mol. The van der Waals surface area contributed by atoms with Crippen molar-refractivity contribution in [2.45, 2.75) is 26.4 Å². The molecule has 1 atom stereocenters. The molecule has 1 aliphatic rings. The quantitative estimate of drug-likeness (QED) is 0.665. The van der Waals surface area contributed by atoms with Gasteiger partial charge >= 0.3 is 0 Å². The molecule has 1 fully saturated rings. The van der Waals surface area contributed by atoms with Gasteiger partial charge in [0.05, 0.1) is 19.1 Å². The first-order chi connectivity index (χ1) is 8.13. The summed E-state index contributed by atoms with van der Waals surface area (Å²) < 4.78 is 5.18. The van der Waals surface area contributed by atoms with Crippen molar-refractivity contribution in [3.63, 3.8) is 0 Å². The van der Waals surface area contributed by atoms with Gasteiger partial charge < -0.3 is 14.7 Å². The lowest BCUT2D eigenvalue weighted by molar-refractivity contribution is -0.134. The zero-order valence-electron chi connectivity index (χ0n) is 10.9. The van der Waals surface area contributed by atoms with Crippen LogP contribution in [0.5, 0.6) is 0 Å². The van der Waals surface area contributed by atoms with Crippen LogP contribution in [0.25, 0.3) is 0 Å². The van der Waals surface area contributed by atoms with Crippen molar-refractivity contribution in [1.29, 1.82) is 0 Å². The van der Waals surface area contributed by atoms with E-state index in [4.69, 9.17) is 4.74 Å². The summed E-state index contributed by atoms with van der Waals surface area (Å²) in [6.07, 6.45) is 0.180. The molecule has 1 saturated heterocycles. The number of aliphatic hydroxyl groups is 1. The van der Waals surface area contributed by atoms with Crippen molar-refractivity contribution < 1.29 is 14.6 Å². The van der Waals surface area contributed by atoms with E-state index in [9.17, 15) is 9.90 Å². The van der Waals surface area contributed by atoms with Crippen LogP contribution in [0.4, 0.5) is 0 Å². The third-order valence-corrected chi connectivity index (χ3v) is 2.91. The number of amides is 1. The van der Waals surface area contributed by atoms with Gasteiger partial charge in [0.15, 0.2) is 0 Å². The summed E-state index contributed by atoms with van der Waals surface area (Å²) in [7, 11) is 0. The highest BCUT2D eigenvalue weighted by molar-refractivity contribution is 5.76. The fourth-order valence-corrected chi connectivity index (χ4v) is 2.02. The van der Waals surface area contributed by atoms with Gasteiger partial charge in [0.25, 0.3) is 0 Å². The number of carbonyl (C=O) groups excluding carboxylic acids is 1. The van der Waals surface area contributed by atoms with Crippen LogP contribution in [0.15, 0.2) is 0 Å². The van der Waals surface area contributed by atoms with Crippen LogP contribution in [0.3, 0.4) is 0 Å². The number of carbonyl (C=O) groups is 1. The fourth-order valence-electron chi connectivity index (χ4n) is 2.02. The molecule has 0 aromatic heterocycles. The van der Waals surface area contributed by atoms with Crippen LogP contribution in [0.1, 0.15) is 20.3 Å². The first-order valence-corrected chi connectivity index (χ1v) is 6.39. The average Bonchev–Trinajstić information content (AvgIpc) is 2.29. The van der Waals surface area contributed by atoms with Crippen LogP contribution < -0.4 is 0 Å². The van der Waals surface area contributed by atoms with E-state index in [1.54, 1.807) is 6.92 Å². The second-order valence-electron chi connectivity index (χ2n) is 4.48. The van der Waals surface area contributed by atoms with E-state index in [1.807, 2.05) is 11.8 Å². The molecule has 17 heavy (non-hydrogen) atoms. The maximum Gasteiger partial charge on any atom is 0.224 e. The van der Waals surface area contributed by atoms with Gasteiger partial charge in [0.2, 0.25) is 5.91 Å². The Kier molecular flexibility index (Phi) is 6.47. The molecule has 0 aromatic rings. The number of hydrogen-bond acceptors (Lipinski definition) is 4. The zero-order chi connectivity index (χ0) is 12.7. The van der Waals surface area contributed by atoms with Gasteiger partial charge in [-0.2, -0.15) is 0 Å². The zero-order valence-corrected chi connectivity index (χ0v) is 10.9. The van der Waals surface area contributed by atoms with E-state index in [1.165, 1.54) is 0 Å². The second-order valence-corrected chi connectivity index (χ2v) is 4.48. The Bertz CT molecular complexity index is 226. The maximum absolute atomic E-state index is 11.8. The van der Waals surface area contributed by atoms with Crippen molar-refractivity contribution in [2.24, 2.45) is 0 Å². The van der Waals surface area contributed by atoms with E-state index < -0.39 is 0 Å². The molecule has 1 amide bonds. The third kappa shape index (κ3) is 5.48. The molecule has 0 saturated carbocycles. The summed E-state index contributed by atoms with van der Waals surface area (Å²) in [5, 5.41) is 9.28. The highest BCUT2D eigenvalue weighted by Gasteiger charge is 2.21. The van der Waals surface area contributed by atoms with E-state index in [0.717, 1.165) is 26.2 Å². The minimum Gasteiger partial charge on any atom is -0.392 e. The lowest BCUT2D eigenvalue weighted by Crippen LogP contribution is -2.50. The molecule has 0 bridgehead atoms. The Morgan fingerprint density at radius 1 is 1.35 bits per heavy atom. The van der Waals surface area contributed by atoms with E-state index in [2.05, 4.69) is 4.90 Å². The molecule has 1 heterocycles. The third-order valence-electron chi connectivity index (χ3n) is 2.91. The number of nitrogens with zero attached hydrogens (tertiary/aromatic N) is 2. The summed E-state index contributed by atoms with van der Waals surface area (Å²) >= 11 is 0. The minimum absolute atomic E-state index is 0.176. The van der Waals surface area contributed by atoms with Crippen molar-refractivity contribution in [3.05, 3.63) is 0 Å². The Morgan fingerprint density at radius 2 is 2.00 bits per heavy atom. The van der Waals surface area contributed by atoms with Gasteiger partial charge in [0, 0.05) is 39.3 Å². The molecule has 1 unspecified atom stereocenters. The summed E-state index contributed by atoms with van der Waals surface area (Å²) in [5.41, 5.74) is 0. The minimum atomic E-state index is -0.296. The fraction of sp³-hybridized carbons (Fsp3) is 0.917. The predicted octanol–water partition coefficient (Wildman–Crippen LogP) is -0.0620.